The molecular formula is C23H37ClN4O5. The standard InChI is InChI=1S/C23H37ClN4O5/c1-23(2,3)33-22(30)27(4)9-7-10-28-11-8-18(20(14-28)32-6)26-21(29)15-12-16(24)17(25)13-19(15)31-5/h12-13,18,20H,7-11,14,25H2,1-6H3,(H,26,29)/t18-,20+/m1/s1. The number of piperidine rings is 1. The molecule has 0 spiro atoms. The predicted octanol–water partition coefficient (Wildman–Crippen LogP) is 3.01. The third-order valence-electron chi connectivity index (χ3n) is 5.50. The van der Waals surface area contributed by atoms with Crippen LogP contribution in [0.15, 0.2) is 12.1 Å². The number of hydrogen-bond acceptors (Lipinski definition) is 7. The molecule has 10 heteroatoms. The third-order valence-corrected chi connectivity index (χ3v) is 5.83. The van der Waals surface area contributed by atoms with Crippen LogP contribution in [0.4, 0.5) is 10.5 Å². The Morgan fingerprint density at radius 2 is 2.00 bits per heavy atom. The normalized spacial score (nSPS) is 19.1. The van der Waals surface area contributed by atoms with Gasteiger partial charge in [0.05, 0.1) is 35.5 Å². The lowest BCUT2D eigenvalue weighted by Gasteiger charge is -2.38. The maximum atomic E-state index is 12.9. The Morgan fingerprint density at radius 1 is 1.30 bits per heavy atom. The van der Waals surface area contributed by atoms with Crippen molar-refractivity contribution in [1.29, 1.82) is 0 Å². The van der Waals surface area contributed by atoms with Crippen molar-refractivity contribution in [3.8, 4) is 5.75 Å². The first kappa shape index (κ1) is 27.0. The summed E-state index contributed by atoms with van der Waals surface area (Å²) in [5.74, 6) is 0.0862. The van der Waals surface area contributed by atoms with Crippen molar-refractivity contribution in [2.45, 2.75) is 51.4 Å². The average molecular weight is 485 g/mol. The zero-order chi connectivity index (χ0) is 24.8. The maximum Gasteiger partial charge on any atom is 0.410 e. The molecule has 0 aliphatic carbocycles. The van der Waals surface area contributed by atoms with Crippen molar-refractivity contribution < 1.29 is 23.8 Å². The Bertz CT molecular complexity index is 830. The lowest BCUT2D eigenvalue weighted by atomic mass is 10.0. The SMILES string of the molecule is COc1cc(N)c(Cl)cc1C(=O)N[C@@H]1CCN(CCCN(C)C(=O)OC(C)(C)C)C[C@@H]1OC. The molecule has 1 saturated heterocycles. The highest BCUT2D eigenvalue weighted by atomic mass is 35.5. The van der Waals surface area contributed by atoms with Gasteiger partial charge in [0.1, 0.15) is 11.4 Å². The van der Waals surface area contributed by atoms with Gasteiger partial charge in [-0.15, -0.1) is 0 Å². The molecule has 1 aromatic carbocycles. The lowest BCUT2D eigenvalue weighted by Crippen LogP contribution is -2.55. The van der Waals surface area contributed by atoms with E-state index in [4.69, 9.17) is 31.5 Å². The Kier molecular flexibility index (Phi) is 9.63. The van der Waals surface area contributed by atoms with Gasteiger partial charge in [0.25, 0.3) is 5.91 Å². The molecule has 0 radical (unpaired) electrons. The first-order valence-electron chi connectivity index (χ1n) is 11.1. The number of anilines is 1. The molecule has 3 N–H and O–H groups in total. The van der Waals surface area contributed by atoms with Crippen LogP contribution in [0.5, 0.6) is 5.75 Å². The average Bonchev–Trinajstić information content (AvgIpc) is 2.74. The zero-order valence-corrected chi connectivity index (χ0v) is 21.2. The first-order chi connectivity index (χ1) is 15.4. The smallest absolute Gasteiger partial charge is 0.410 e. The fraction of sp³-hybridized carbons (Fsp3) is 0.652. The van der Waals surface area contributed by atoms with E-state index in [1.807, 2.05) is 20.8 Å². The highest BCUT2D eigenvalue weighted by molar-refractivity contribution is 6.33. The monoisotopic (exact) mass is 484 g/mol. The van der Waals surface area contributed by atoms with Crippen LogP contribution < -0.4 is 15.8 Å². The molecule has 2 rings (SSSR count). The predicted molar refractivity (Wildman–Crippen MR) is 129 cm³/mol. The van der Waals surface area contributed by atoms with Gasteiger partial charge in [0.2, 0.25) is 0 Å². The largest absolute Gasteiger partial charge is 0.496 e. The van der Waals surface area contributed by atoms with E-state index in [1.165, 1.54) is 13.2 Å². The van der Waals surface area contributed by atoms with Crippen LogP contribution in [0.1, 0.15) is 44.0 Å². The van der Waals surface area contributed by atoms with Crippen LogP contribution in [0.3, 0.4) is 0 Å². The van der Waals surface area contributed by atoms with E-state index in [0.717, 1.165) is 25.9 Å². The van der Waals surface area contributed by atoms with E-state index < -0.39 is 5.60 Å². The number of carbonyl (C=O) groups excluding carboxylic acids is 2. The molecular weight excluding hydrogens is 448 g/mol. The maximum absolute atomic E-state index is 12.9. The second-order valence-electron chi connectivity index (χ2n) is 9.27. The Labute approximate surface area is 201 Å². The van der Waals surface area contributed by atoms with E-state index >= 15 is 0 Å². The number of nitrogens with two attached hydrogens (primary N) is 1. The van der Waals surface area contributed by atoms with E-state index in [1.54, 1.807) is 25.1 Å². The van der Waals surface area contributed by atoms with Crippen molar-refractivity contribution >= 4 is 29.3 Å². The number of methoxy groups -OCH3 is 2. The minimum atomic E-state index is -0.509. The summed E-state index contributed by atoms with van der Waals surface area (Å²) < 4.78 is 16.3. The molecule has 1 aromatic rings. The van der Waals surface area contributed by atoms with Gasteiger partial charge in [0.15, 0.2) is 0 Å². The molecule has 33 heavy (non-hydrogen) atoms. The van der Waals surface area contributed by atoms with Crippen LogP contribution in [-0.2, 0) is 9.47 Å². The van der Waals surface area contributed by atoms with Crippen molar-refractivity contribution in [2.75, 3.05) is 53.2 Å². The number of ether oxygens (including phenoxy) is 3. The number of benzene rings is 1. The quantitative estimate of drug-likeness (QED) is 0.546. The molecule has 0 unspecified atom stereocenters. The molecule has 1 fully saturated rings. The van der Waals surface area contributed by atoms with Crippen molar-refractivity contribution in [1.82, 2.24) is 15.1 Å². The second-order valence-corrected chi connectivity index (χ2v) is 9.68. The summed E-state index contributed by atoms with van der Waals surface area (Å²) in [5, 5.41) is 3.35. The van der Waals surface area contributed by atoms with Crippen molar-refractivity contribution in [2.24, 2.45) is 0 Å². The summed E-state index contributed by atoms with van der Waals surface area (Å²) in [7, 11) is 4.87. The molecule has 2 atom stereocenters. The minimum Gasteiger partial charge on any atom is -0.496 e. The number of nitrogens with one attached hydrogen (secondary N) is 1. The number of carbonyl (C=O) groups is 2. The minimum absolute atomic E-state index is 0.149. The number of nitrogen functional groups attached to an aromatic ring is 1. The van der Waals surface area contributed by atoms with Crippen molar-refractivity contribution in [3.63, 3.8) is 0 Å². The zero-order valence-electron chi connectivity index (χ0n) is 20.4. The van der Waals surface area contributed by atoms with Gasteiger partial charge in [-0.2, -0.15) is 0 Å². The Morgan fingerprint density at radius 3 is 2.61 bits per heavy atom. The van der Waals surface area contributed by atoms with Gasteiger partial charge in [-0.1, -0.05) is 11.6 Å². The second kappa shape index (κ2) is 11.8. The molecule has 1 aliphatic rings. The van der Waals surface area contributed by atoms with Crippen molar-refractivity contribution in [3.05, 3.63) is 22.7 Å². The van der Waals surface area contributed by atoms with E-state index in [-0.39, 0.29) is 24.1 Å². The first-order valence-corrected chi connectivity index (χ1v) is 11.5. The van der Waals surface area contributed by atoms with E-state index in [9.17, 15) is 9.59 Å². The lowest BCUT2D eigenvalue weighted by molar-refractivity contribution is 0.00464. The van der Waals surface area contributed by atoms with Crippen LogP contribution in [-0.4, -0.2) is 87.0 Å². The van der Waals surface area contributed by atoms with Crippen LogP contribution in [0.25, 0.3) is 0 Å². The number of amides is 2. The van der Waals surface area contributed by atoms with Crippen LogP contribution >= 0.6 is 11.6 Å². The molecule has 1 heterocycles. The van der Waals surface area contributed by atoms with Gasteiger partial charge >= 0.3 is 6.09 Å². The summed E-state index contributed by atoms with van der Waals surface area (Å²) >= 11 is 6.10. The number of halogens is 1. The van der Waals surface area contributed by atoms with Gasteiger partial charge < -0.3 is 35.1 Å². The molecule has 0 saturated carbocycles. The molecule has 1 aliphatic heterocycles. The van der Waals surface area contributed by atoms with Gasteiger partial charge in [-0.3, -0.25) is 4.79 Å². The Balaban J connectivity index is 1.88. The number of rotatable bonds is 8. The topological polar surface area (TPSA) is 106 Å². The van der Waals surface area contributed by atoms with Crippen LogP contribution in [0, 0.1) is 0 Å². The number of hydrogen-bond donors (Lipinski definition) is 2. The number of nitrogens with zero attached hydrogens (tertiary/aromatic N) is 2. The fourth-order valence-electron chi connectivity index (χ4n) is 3.71. The molecule has 0 bridgehead atoms. The fourth-order valence-corrected chi connectivity index (χ4v) is 3.88. The summed E-state index contributed by atoms with van der Waals surface area (Å²) in [4.78, 5) is 28.9. The van der Waals surface area contributed by atoms with E-state index in [2.05, 4.69) is 10.2 Å². The summed E-state index contributed by atoms with van der Waals surface area (Å²) in [5.41, 5.74) is 5.99. The highest BCUT2D eigenvalue weighted by Crippen LogP contribution is 2.29. The molecule has 9 nitrogen and oxygen atoms in total. The molecule has 2 amide bonds. The third kappa shape index (κ3) is 7.94. The summed E-state index contributed by atoms with van der Waals surface area (Å²) in [6, 6.07) is 2.91. The van der Waals surface area contributed by atoms with Gasteiger partial charge in [0, 0.05) is 39.9 Å². The number of likely N-dealkylation sites (tertiary alicyclic amines) is 1. The Hall–Kier alpha value is -2.23. The molecule has 186 valence electrons. The summed E-state index contributed by atoms with van der Waals surface area (Å²) in [6.45, 7) is 8.45. The molecule has 0 aromatic heterocycles. The van der Waals surface area contributed by atoms with Gasteiger partial charge in [-0.25, -0.2) is 4.79 Å². The van der Waals surface area contributed by atoms with Gasteiger partial charge in [-0.05, 0) is 46.2 Å². The highest BCUT2D eigenvalue weighted by Gasteiger charge is 2.31. The van der Waals surface area contributed by atoms with Crippen LogP contribution in [0.2, 0.25) is 5.02 Å². The van der Waals surface area contributed by atoms with E-state index in [0.29, 0.717) is 35.1 Å². The summed E-state index contributed by atoms with van der Waals surface area (Å²) in [6.07, 6.45) is 1.06.